The van der Waals surface area contributed by atoms with Gasteiger partial charge in [0.1, 0.15) is 5.82 Å². The van der Waals surface area contributed by atoms with Gasteiger partial charge in [0.25, 0.3) is 0 Å². The number of sulfonamides is 1. The summed E-state index contributed by atoms with van der Waals surface area (Å²) >= 11 is 0. The molecule has 8 heteroatoms. The molecule has 0 radical (unpaired) electrons. The number of hydrogen-bond donors (Lipinski definition) is 2. The topological polar surface area (TPSA) is 101 Å². The third kappa shape index (κ3) is 5.47. The van der Waals surface area contributed by atoms with Crippen molar-refractivity contribution < 1.29 is 27.5 Å². The van der Waals surface area contributed by atoms with Gasteiger partial charge in [-0.15, -0.1) is 0 Å². The minimum atomic E-state index is -3.91. The molecule has 0 amide bonds. The van der Waals surface area contributed by atoms with Crippen molar-refractivity contribution in [2.45, 2.75) is 17.7 Å². The molecule has 0 fully saturated rings. The lowest BCUT2D eigenvalue weighted by Crippen LogP contribution is -2.29. The van der Waals surface area contributed by atoms with E-state index in [-0.39, 0.29) is 11.3 Å². The third-order valence-corrected chi connectivity index (χ3v) is 4.87. The Morgan fingerprint density at radius 3 is 2.16 bits per heavy atom. The highest BCUT2D eigenvalue weighted by atomic mass is 32.2. The maximum absolute atomic E-state index is 12.8. The average molecular weight is 365 g/mol. The van der Waals surface area contributed by atoms with Crippen molar-refractivity contribution in [2.24, 2.45) is 0 Å². The number of rotatable bonds is 8. The Bertz CT molecular complexity index is 861. The molecule has 0 saturated heterocycles. The van der Waals surface area contributed by atoms with Crippen molar-refractivity contribution in [3.8, 4) is 0 Å². The summed E-state index contributed by atoms with van der Waals surface area (Å²) in [5.41, 5.74) is 1.08. The molecule has 2 rings (SSSR count). The Hall–Kier alpha value is -2.58. The van der Waals surface area contributed by atoms with Crippen LogP contribution in [0, 0.1) is 5.82 Å². The average Bonchev–Trinajstić information content (AvgIpc) is 2.59. The van der Waals surface area contributed by atoms with Crippen LogP contribution in [0.4, 0.5) is 4.39 Å². The number of carbonyl (C=O) groups excluding carboxylic acids is 1. The number of hydrogen-bond acceptors (Lipinski definition) is 4. The van der Waals surface area contributed by atoms with E-state index in [0.717, 1.165) is 29.8 Å². The second-order valence-electron chi connectivity index (χ2n) is 5.29. The number of carboxylic acids is 1. The summed E-state index contributed by atoms with van der Waals surface area (Å²) in [6.07, 6.45) is 0.339. The number of Topliss-reactive ketones (excluding diaryl/α,β-unsaturated/α-hetero) is 1. The number of aryl methyl sites for hydroxylation is 1. The molecule has 2 aromatic carbocycles. The van der Waals surface area contributed by atoms with E-state index < -0.39 is 34.1 Å². The molecule has 2 aromatic rings. The molecule has 0 aliphatic rings. The first-order valence-corrected chi connectivity index (χ1v) is 8.85. The van der Waals surface area contributed by atoms with Crippen LogP contribution >= 0.6 is 0 Å². The van der Waals surface area contributed by atoms with E-state index in [1.807, 2.05) is 0 Å². The van der Waals surface area contributed by atoms with Crippen LogP contribution in [-0.2, 0) is 21.2 Å². The van der Waals surface area contributed by atoms with Crippen molar-refractivity contribution in [3.63, 3.8) is 0 Å². The quantitative estimate of drug-likeness (QED) is 0.697. The van der Waals surface area contributed by atoms with Gasteiger partial charge >= 0.3 is 5.97 Å². The molecule has 0 unspecified atom stereocenters. The van der Waals surface area contributed by atoms with E-state index >= 15 is 0 Å². The normalized spacial score (nSPS) is 11.2. The first-order chi connectivity index (χ1) is 11.8. The lowest BCUT2D eigenvalue weighted by molar-refractivity contribution is -0.136. The molecule has 0 saturated carbocycles. The molecule has 0 spiro atoms. The van der Waals surface area contributed by atoms with E-state index in [4.69, 9.17) is 5.11 Å². The second-order valence-corrected chi connectivity index (χ2v) is 7.06. The third-order valence-electron chi connectivity index (χ3n) is 3.45. The molecule has 0 aliphatic carbocycles. The predicted molar refractivity (Wildman–Crippen MR) is 88.3 cm³/mol. The fraction of sp³-hybridized carbons (Fsp3) is 0.176. The maximum atomic E-state index is 12.8. The smallest absolute Gasteiger partial charge is 0.303 e. The van der Waals surface area contributed by atoms with Crippen LogP contribution in [0.5, 0.6) is 0 Å². The van der Waals surface area contributed by atoms with Gasteiger partial charge in [0.05, 0.1) is 11.4 Å². The number of benzene rings is 2. The lowest BCUT2D eigenvalue weighted by Gasteiger charge is -2.07. The number of carboxylic acid groups (broad SMARTS) is 1. The first kappa shape index (κ1) is 18.8. The SMILES string of the molecule is O=C(O)CCc1ccc(C(=O)CNS(=O)(=O)c2ccc(F)cc2)cc1. The van der Waals surface area contributed by atoms with Crippen LogP contribution in [0.25, 0.3) is 0 Å². The van der Waals surface area contributed by atoms with Gasteiger partial charge < -0.3 is 5.11 Å². The highest BCUT2D eigenvalue weighted by Crippen LogP contribution is 2.11. The second kappa shape index (κ2) is 8.00. The van der Waals surface area contributed by atoms with Crippen LogP contribution in [0.2, 0.25) is 0 Å². The van der Waals surface area contributed by atoms with Gasteiger partial charge in [0.15, 0.2) is 5.78 Å². The summed E-state index contributed by atoms with van der Waals surface area (Å²) in [5, 5.41) is 8.63. The van der Waals surface area contributed by atoms with E-state index in [1.54, 1.807) is 12.1 Å². The molecule has 2 N–H and O–H groups in total. The van der Waals surface area contributed by atoms with E-state index in [2.05, 4.69) is 4.72 Å². The zero-order chi connectivity index (χ0) is 18.4. The number of carbonyl (C=O) groups is 2. The Labute approximate surface area is 144 Å². The van der Waals surface area contributed by atoms with Crippen LogP contribution in [0.3, 0.4) is 0 Å². The van der Waals surface area contributed by atoms with Crippen LogP contribution < -0.4 is 4.72 Å². The number of aliphatic carboxylic acids is 1. The summed E-state index contributed by atoms with van der Waals surface area (Å²) in [6, 6.07) is 10.6. The van der Waals surface area contributed by atoms with E-state index in [0.29, 0.717) is 12.0 Å². The minimum Gasteiger partial charge on any atom is -0.481 e. The van der Waals surface area contributed by atoms with Crippen LogP contribution in [0.1, 0.15) is 22.3 Å². The molecule has 6 nitrogen and oxygen atoms in total. The van der Waals surface area contributed by atoms with Gasteiger partial charge in [0.2, 0.25) is 10.0 Å². The van der Waals surface area contributed by atoms with Gasteiger partial charge in [0, 0.05) is 12.0 Å². The maximum Gasteiger partial charge on any atom is 0.303 e. The summed E-state index contributed by atoms with van der Waals surface area (Å²) in [4.78, 5) is 22.5. The van der Waals surface area contributed by atoms with E-state index in [9.17, 15) is 22.4 Å². The zero-order valence-electron chi connectivity index (χ0n) is 13.1. The van der Waals surface area contributed by atoms with Crippen molar-refractivity contribution in [1.82, 2.24) is 4.72 Å². The standard InChI is InChI=1S/C17H16FNO5S/c18-14-6-8-15(9-7-14)25(23,24)19-11-16(20)13-4-1-12(2-5-13)3-10-17(21)22/h1-2,4-9,19H,3,10-11H2,(H,21,22). The Morgan fingerprint density at radius 2 is 1.60 bits per heavy atom. The van der Waals surface area contributed by atoms with Crippen molar-refractivity contribution in [3.05, 3.63) is 65.5 Å². The molecule has 0 bridgehead atoms. The van der Waals surface area contributed by atoms with Gasteiger partial charge in [-0.2, -0.15) is 0 Å². The molecular weight excluding hydrogens is 349 g/mol. The molecule has 0 atom stereocenters. The summed E-state index contributed by atoms with van der Waals surface area (Å²) in [5.74, 6) is -1.90. The predicted octanol–water partition coefficient (Wildman–Crippen LogP) is 2.00. The molecule has 132 valence electrons. The van der Waals surface area contributed by atoms with Crippen molar-refractivity contribution in [1.29, 1.82) is 0 Å². The lowest BCUT2D eigenvalue weighted by atomic mass is 10.1. The molecule has 25 heavy (non-hydrogen) atoms. The molecule has 0 aliphatic heterocycles. The molecular formula is C17H16FNO5S. The monoisotopic (exact) mass is 365 g/mol. The highest BCUT2D eigenvalue weighted by molar-refractivity contribution is 7.89. The van der Waals surface area contributed by atoms with Crippen molar-refractivity contribution in [2.75, 3.05) is 6.54 Å². The number of ketones is 1. The van der Waals surface area contributed by atoms with Crippen molar-refractivity contribution >= 4 is 21.8 Å². The number of nitrogens with one attached hydrogen (secondary N) is 1. The molecule has 0 aromatic heterocycles. The van der Waals surface area contributed by atoms with Gasteiger partial charge in [-0.3, -0.25) is 9.59 Å². The summed E-state index contributed by atoms with van der Waals surface area (Å²) < 4.78 is 39.1. The Morgan fingerprint density at radius 1 is 1.00 bits per heavy atom. The van der Waals surface area contributed by atoms with Gasteiger partial charge in [-0.1, -0.05) is 24.3 Å². The minimum absolute atomic E-state index is 0.00916. The Kier molecular flexibility index (Phi) is 6.00. The summed E-state index contributed by atoms with van der Waals surface area (Å²) in [7, 11) is -3.91. The highest BCUT2D eigenvalue weighted by Gasteiger charge is 2.16. The molecule has 0 heterocycles. The Balaban J connectivity index is 1.97. The number of halogens is 1. The first-order valence-electron chi connectivity index (χ1n) is 7.37. The van der Waals surface area contributed by atoms with Gasteiger partial charge in [-0.25, -0.2) is 17.5 Å². The van der Waals surface area contributed by atoms with E-state index in [1.165, 1.54) is 12.1 Å². The fourth-order valence-electron chi connectivity index (χ4n) is 2.07. The fourth-order valence-corrected chi connectivity index (χ4v) is 3.05. The van der Waals surface area contributed by atoms with Crippen LogP contribution in [0.15, 0.2) is 53.4 Å². The van der Waals surface area contributed by atoms with Gasteiger partial charge in [-0.05, 0) is 36.2 Å². The zero-order valence-corrected chi connectivity index (χ0v) is 13.9. The van der Waals surface area contributed by atoms with Crippen LogP contribution in [-0.4, -0.2) is 31.8 Å². The largest absolute Gasteiger partial charge is 0.481 e. The summed E-state index contributed by atoms with van der Waals surface area (Å²) in [6.45, 7) is -0.436.